The van der Waals surface area contributed by atoms with Crippen LogP contribution in [-0.4, -0.2) is 56.6 Å². The van der Waals surface area contributed by atoms with Crippen molar-refractivity contribution < 1.29 is 24.6 Å². The highest BCUT2D eigenvalue weighted by Gasteiger charge is 2.37. The number of carboxylic acid groups (broad SMARTS) is 2. The number of nitrogens with zero attached hydrogens (tertiary/aromatic N) is 2. The van der Waals surface area contributed by atoms with Gasteiger partial charge in [-0.25, -0.2) is 9.59 Å². The molecule has 0 fully saturated rings. The van der Waals surface area contributed by atoms with E-state index in [1.54, 1.807) is 13.8 Å². The van der Waals surface area contributed by atoms with Crippen molar-refractivity contribution >= 4 is 18.0 Å². The summed E-state index contributed by atoms with van der Waals surface area (Å²) >= 11 is 0. The zero-order valence-corrected chi connectivity index (χ0v) is 13.8. The first-order valence-electron chi connectivity index (χ1n) is 7.90. The first kappa shape index (κ1) is 17.8. The van der Waals surface area contributed by atoms with Crippen molar-refractivity contribution in [1.29, 1.82) is 0 Å². The summed E-state index contributed by atoms with van der Waals surface area (Å²) in [4.78, 5) is 38.1. The van der Waals surface area contributed by atoms with Crippen LogP contribution in [0.15, 0.2) is 24.3 Å². The van der Waals surface area contributed by atoms with Gasteiger partial charge < -0.3 is 20.0 Å². The lowest BCUT2D eigenvalue weighted by atomic mass is 9.94. The predicted molar refractivity (Wildman–Crippen MR) is 86.6 cm³/mol. The van der Waals surface area contributed by atoms with E-state index in [2.05, 4.69) is 0 Å². The van der Waals surface area contributed by atoms with Gasteiger partial charge in [-0.2, -0.15) is 0 Å². The van der Waals surface area contributed by atoms with E-state index in [1.165, 1.54) is 9.80 Å². The summed E-state index contributed by atoms with van der Waals surface area (Å²) in [7, 11) is 0. The summed E-state index contributed by atoms with van der Waals surface area (Å²) in [6, 6.07) is 5.85. The topological polar surface area (TPSA) is 98.2 Å². The van der Waals surface area contributed by atoms with Crippen LogP contribution in [0.1, 0.15) is 31.4 Å². The lowest BCUT2D eigenvalue weighted by molar-refractivity contribution is -0.143. The third-order valence-electron chi connectivity index (χ3n) is 4.21. The Bertz CT molecular complexity index is 644. The molecule has 1 aliphatic rings. The molecule has 7 nitrogen and oxygen atoms in total. The molecule has 7 heteroatoms. The summed E-state index contributed by atoms with van der Waals surface area (Å²) in [5, 5.41) is 18.4. The quantitative estimate of drug-likeness (QED) is 0.855. The van der Waals surface area contributed by atoms with Gasteiger partial charge in [0.25, 0.3) is 0 Å². The highest BCUT2D eigenvalue weighted by atomic mass is 16.4. The largest absolute Gasteiger partial charge is 0.481 e. The molecule has 2 rings (SSSR count). The lowest BCUT2D eigenvalue weighted by Gasteiger charge is -2.39. The summed E-state index contributed by atoms with van der Waals surface area (Å²) in [6.07, 6.45) is 0.0776. The number of carbonyl (C=O) groups is 3. The Kier molecular flexibility index (Phi) is 5.43. The first-order chi connectivity index (χ1) is 11.3. The van der Waals surface area contributed by atoms with Crippen molar-refractivity contribution in [2.45, 2.75) is 45.3 Å². The van der Waals surface area contributed by atoms with Crippen molar-refractivity contribution in [1.82, 2.24) is 9.80 Å². The molecule has 1 aliphatic heterocycles. The molecular weight excluding hydrogens is 312 g/mol. The summed E-state index contributed by atoms with van der Waals surface area (Å²) in [6.45, 7) is 3.83. The summed E-state index contributed by atoms with van der Waals surface area (Å²) < 4.78 is 0. The van der Waals surface area contributed by atoms with Crippen molar-refractivity contribution in [3.63, 3.8) is 0 Å². The molecule has 0 aromatic heterocycles. The number of benzene rings is 1. The van der Waals surface area contributed by atoms with Crippen LogP contribution < -0.4 is 0 Å². The molecule has 0 aliphatic carbocycles. The minimum absolute atomic E-state index is 0.0519. The van der Waals surface area contributed by atoms with Crippen LogP contribution >= 0.6 is 0 Å². The Morgan fingerprint density at radius 3 is 2.38 bits per heavy atom. The molecule has 0 radical (unpaired) electrons. The molecule has 0 saturated carbocycles. The van der Waals surface area contributed by atoms with E-state index in [0.717, 1.165) is 11.1 Å². The second-order valence-electron chi connectivity index (χ2n) is 6.17. The van der Waals surface area contributed by atoms with E-state index < -0.39 is 24.0 Å². The van der Waals surface area contributed by atoms with Gasteiger partial charge in [0.05, 0.1) is 6.42 Å². The van der Waals surface area contributed by atoms with Gasteiger partial charge in [0.15, 0.2) is 0 Å². The number of hydrogen-bond donors (Lipinski definition) is 2. The summed E-state index contributed by atoms with van der Waals surface area (Å²) in [5.41, 5.74) is 1.85. The molecule has 1 heterocycles. The molecule has 0 bridgehead atoms. The lowest BCUT2D eigenvalue weighted by Crippen LogP contribution is -2.55. The van der Waals surface area contributed by atoms with E-state index >= 15 is 0 Å². The summed E-state index contributed by atoms with van der Waals surface area (Å²) in [5.74, 6) is -2.05. The maximum atomic E-state index is 12.9. The average Bonchev–Trinajstić information content (AvgIpc) is 2.52. The number of amides is 2. The normalized spacial score (nSPS) is 16.6. The fourth-order valence-electron chi connectivity index (χ4n) is 2.90. The van der Waals surface area contributed by atoms with Gasteiger partial charge >= 0.3 is 18.0 Å². The Balaban J connectivity index is 2.27. The highest BCUT2D eigenvalue weighted by molar-refractivity contribution is 5.84. The van der Waals surface area contributed by atoms with Crippen LogP contribution in [0, 0.1) is 0 Å². The minimum Gasteiger partial charge on any atom is -0.481 e. The van der Waals surface area contributed by atoms with E-state index in [4.69, 9.17) is 5.11 Å². The van der Waals surface area contributed by atoms with Crippen LogP contribution in [-0.2, 0) is 22.6 Å². The smallest absolute Gasteiger partial charge is 0.326 e. The zero-order chi connectivity index (χ0) is 17.9. The molecule has 130 valence electrons. The molecule has 0 saturated heterocycles. The number of carboxylic acids is 2. The monoisotopic (exact) mass is 334 g/mol. The van der Waals surface area contributed by atoms with Crippen LogP contribution in [0.3, 0.4) is 0 Å². The van der Waals surface area contributed by atoms with E-state index in [9.17, 15) is 19.5 Å². The second kappa shape index (κ2) is 7.33. The van der Waals surface area contributed by atoms with E-state index in [1.807, 2.05) is 24.3 Å². The Morgan fingerprint density at radius 1 is 1.21 bits per heavy atom. The van der Waals surface area contributed by atoms with Gasteiger partial charge in [-0.05, 0) is 25.0 Å². The average molecular weight is 334 g/mol. The maximum absolute atomic E-state index is 12.9. The van der Waals surface area contributed by atoms with Gasteiger partial charge in [0.2, 0.25) is 0 Å². The van der Waals surface area contributed by atoms with Crippen molar-refractivity contribution in [2.24, 2.45) is 0 Å². The molecule has 24 heavy (non-hydrogen) atoms. The Hall–Kier alpha value is -2.57. The van der Waals surface area contributed by atoms with Gasteiger partial charge in [-0.15, -0.1) is 0 Å². The molecule has 0 spiro atoms. The van der Waals surface area contributed by atoms with Gasteiger partial charge in [0, 0.05) is 25.6 Å². The number of aliphatic carboxylic acids is 2. The van der Waals surface area contributed by atoms with Crippen LogP contribution in [0.5, 0.6) is 0 Å². The minimum atomic E-state index is -1.06. The number of rotatable bonds is 5. The molecular formula is C17H22N2O5. The predicted octanol–water partition coefficient (Wildman–Crippen LogP) is 1.80. The standard InChI is InChI=1S/C17H22N2O5/c1-11(2)18(8-7-15(20)21)17(24)19-10-13-6-4-3-5-12(13)9-14(19)16(22)23/h3-6,11,14H,7-10H2,1-2H3,(H,20,21)(H,22,23). The van der Waals surface area contributed by atoms with Crippen LogP contribution in [0.4, 0.5) is 4.79 Å². The molecule has 2 amide bonds. The van der Waals surface area contributed by atoms with Crippen molar-refractivity contribution in [3.05, 3.63) is 35.4 Å². The van der Waals surface area contributed by atoms with Crippen molar-refractivity contribution in [3.8, 4) is 0 Å². The fraction of sp³-hybridized carbons (Fsp3) is 0.471. The number of carbonyl (C=O) groups excluding carboxylic acids is 1. The van der Waals surface area contributed by atoms with E-state index in [-0.39, 0.29) is 32.0 Å². The third-order valence-corrected chi connectivity index (χ3v) is 4.21. The molecule has 1 atom stereocenters. The Morgan fingerprint density at radius 2 is 1.83 bits per heavy atom. The van der Waals surface area contributed by atoms with Gasteiger partial charge in [-0.3, -0.25) is 4.79 Å². The van der Waals surface area contributed by atoms with Gasteiger partial charge in [0.1, 0.15) is 6.04 Å². The van der Waals surface area contributed by atoms with Crippen LogP contribution in [0.25, 0.3) is 0 Å². The van der Waals surface area contributed by atoms with Crippen molar-refractivity contribution in [2.75, 3.05) is 6.54 Å². The Labute approximate surface area is 140 Å². The SMILES string of the molecule is CC(C)N(CCC(=O)O)C(=O)N1Cc2ccccc2CC1C(=O)O. The van der Waals surface area contributed by atoms with Gasteiger partial charge in [-0.1, -0.05) is 24.3 Å². The second-order valence-corrected chi connectivity index (χ2v) is 6.17. The number of fused-ring (bicyclic) bond motifs is 1. The molecule has 1 unspecified atom stereocenters. The molecule has 1 aromatic carbocycles. The first-order valence-corrected chi connectivity index (χ1v) is 7.90. The third kappa shape index (κ3) is 3.84. The van der Waals surface area contributed by atoms with Crippen LogP contribution in [0.2, 0.25) is 0 Å². The molecule has 2 N–H and O–H groups in total. The zero-order valence-electron chi connectivity index (χ0n) is 13.8. The maximum Gasteiger partial charge on any atom is 0.326 e. The number of urea groups is 1. The van der Waals surface area contributed by atoms with E-state index in [0.29, 0.717) is 0 Å². The highest BCUT2D eigenvalue weighted by Crippen LogP contribution is 2.25. The number of hydrogen-bond acceptors (Lipinski definition) is 3. The molecule has 1 aromatic rings. The fourth-order valence-corrected chi connectivity index (χ4v) is 2.90.